The molecule has 2 aliphatic heterocycles. The van der Waals surface area contributed by atoms with Crippen LogP contribution in [0.5, 0.6) is 0 Å². The van der Waals surface area contributed by atoms with Gasteiger partial charge in [-0.05, 0) is 19.8 Å². The van der Waals surface area contributed by atoms with Crippen LogP contribution in [0.1, 0.15) is 65.7 Å². The molecular weight excluding hydrogens is 222 g/mol. The molecule has 0 bridgehead atoms. The number of hydrogen-bond acceptors (Lipinski definition) is 2. The zero-order valence-corrected chi connectivity index (χ0v) is 12.6. The average molecular weight is 253 g/mol. The summed E-state index contributed by atoms with van der Waals surface area (Å²) in [4.78, 5) is 2.74. The van der Waals surface area contributed by atoms with Crippen molar-refractivity contribution in [3.63, 3.8) is 0 Å². The Bertz CT molecular complexity index is 254. The van der Waals surface area contributed by atoms with E-state index in [1.165, 1.54) is 58.0 Å². The summed E-state index contributed by atoms with van der Waals surface area (Å²) < 4.78 is 5.39. The number of rotatable bonds is 8. The van der Waals surface area contributed by atoms with Gasteiger partial charge in [-0.25, -0.2) is 0 Å². The van der Waals surface area contributed by atoms with Crippen molar-refractivity contribution in [2.75, 3.05) is 26.3 Å². The van der Waals surface area contributed by atoms with Gasteiger partial charge in [0.2, 0.25) is 0 Å². The number of likely N-dealkylation sites (tertiary alicyclic amines) is 1. The molecule has 1 spiro atoms. The van der Waals surface area contributed by atoms with Crippen molar-refractivity contribution in [3.05, 3.63) is 0 Å². The molecule has 18 heavy (non-hydrogen) atoms. The van der Waals surface area contributed by atoms with E-state index in [2.05, 4.69) is 25.7 Å². The van der Waals surface area contributed by atoms with Gasteiger partial charge in [-0.2, -0.15) is 0 Å². The minimum Gasteiger partial charge on any atom is -0.380 e. The standard InChI is InChI=1S/C16H31NO/c1-4-6-7-8-10-15(3,9-5-2)17-11-16(12-17)13-18-14-16/h4-14H2,1-3H3. The van der Waals surface area contributed by atoms with Gasteiger partial charge in [0.15, 0.2) is 0 Å². The Morgan fingerprint density at radius 2 is 1.72 bits per heavy atom. The Balaban J connectivity index is 1.78. The van der Waals surface area contributed by atoms with E-state index in [0.29, 0.717) is 11.0 Å². The van der Waals surface area contributed by atoms with Crippen LogP contribution in [0.25, 0.3) is 0 Å². The lowest BCUT2D eigenvalue weighted by molar-refractivity contribution is -0.213. The van der Waals surface area contributed by atoms with Gasteiger partial charge in [0.1, 0.15) is 0 Å². The minimum atomic E-state index is 0.462. The third kappa shape index (κ3) is 2.91. The molecule has 0 saturated carbocycles. The Kier molecular flexibility index (Phi) is 4.71. The summed E-state index contributed by atoms with van der Waals surface area (Å²) in [5.41, 5.74) is 1.03. The van der Waals surface area contributed by atoms with E-state index in [9.17, 15) is 0 Å². The van der Waals surface area contributed by atoms with Crippen molar-refractivity contribution in [1.29, 1.82) is 0 Å². The molecule has 106 valence electrons. The largest absolute Gasteiger partial charge is 0.380 e. The summed E-state index contributed by atoms with van der Waals surface area (Å²) in [5.74, 6) is 0. The van der Waals surface area contributed by atoms with Gasteiger partial charge in [-0.15, -0.1) is 0 Å². The van der Waals surface area contributed by atoms with E-state index in [0.717, 1.165) is 13.2 Å². The summed E-state index contributed by atoms with van der Waals surface area (Å²) in [7, 11) is 0. The fourth-order valence-corrected chi connectivity index (χ4v) is 3.63. The van der Waals surface area contributed by atoms with Crippen LogP contribution in [0, 0.1) is 5.41 Å². The first kappa shape index (κ1) is 14.3. The van der Waals surface area contributed by atoms with Crippen LogP contribution in [0.2, 0.25) is 0 Å². The van der Waals surface area contributed by atoms with Crippen molar-refractivity contribution in [2.24, 2.45) is 5.41 Å². The highest BCUT2D eigenvalue weighted by Crippen LogP contribution is 2.44. The number of nitrogens with zero attached hydrogens (tertiary/aromatic N) is 1. The SMILES string of the molecule is CCCCCCC(C)(CCC)N1CC2(COC2)C1. The minimum absolute atomic E-state index is 0.462. The average Bonchev–Trinajstić information content (AvgIpc) is 2.21. The Labute approximate surface area is 113 Å². The smallest absolute Gasteiger partial charge is 0.0569 e. The molecule has 0 N–H and O–H groups in total. The normalized spacial score (nSPS) is 25.5. The maximum absolute atomic E-state index is 5.39. The Hall–Kier alpha value is -0.0800. The van der Waals surface area contributed by atoms with Crippen LogP contribution in [-0.4, -0.2) is 36.7 Å². The monoisotopic (exact) mass is 253 g/mol. The Morgan fingerprint density at radius 3 is 2.22 bits per heavy atom. The van der Waals surface area contributed by atoms with Crippen LogP contribution >= 0.6 is 0 Å². The highest BCUT2D eigenvalue weighted by molar-refractivity contribution is 5.05. The molecule has 1 unspecified atom stereocenters. The predicted molar refractivity (Wildman–Crippen MR) is 76.9 cm³/mol. The molecular formula is C16H31NO. The molecule has 2 fully saturated rings. The Morgan fingerprint density at radius 1 is 1.00 bits per heavy atom. The van der Waals surface area contributed by atoms with Crippen LogP contribution in [-0.2, 0) is 4.74 Å². The van der Waals surface area contributed by atoms with Gasteiger partial charge in [-0.1, -0.05) is 46.0 Å². The summed E-state index contributed by atoms with van der Waals surface area (Å²) in [5, 5.41) is 0. The van der Waals surface area contributed by atoms with Gasteiger partial charge in [0.05, 0.1) is 13.2 Å². The molecule has 0 aromatic carbocycles. The molecule has 2 rings (SSSR count). The van der Waals surface area contributed by atoms with Gasteiger partial charge < -0.3 is 4.74 Å². The molecule has 0 aromatic rings. The first-order valence-electron chi connectivity index (χ1n) is 7.97. The molecule has 0 amide bonds. The van der Waals surface area contributed by atoms with Crippen LogP contribution in [0.15, 0.2) is 0 Å². The van der Waals surface area contributed by atoms with E-state index >= 15 is 0 Å². The fourth-order valence-electron chi connectivity index (χ4n) is 3.63. The van der Waals surface area contributed by atoms with Crippen molar-refractivity contribution >= 4 is 0 Å². The van der Waals surface area contributed by atoms with Crippen molar-refractivity contribution in [3.8, 4) is 0 Å². The number of ether oxygens (including phenoxy) is 1. The van der Waals surface area contributed by atoms with E-state index < -0.39 is 0 Å². The quantitative estimate of drug-likeness (QED) is 0.609. The second-order valence-corrected chi connectivity index (χ2v) is 6.91. The highest BCUT2D eigenvalue weighted by Gasteiger charge is 2.53. The molecule has 2 aliphatic rings. The molecule has 2 heterocycles. The third-order valence-electron chi connectivity index (χ3n) is 4.99. The summed E-state index contributed by atoms with van der Waals surface area (Å²) in [6, 6.07) is 0. The highest BCUT2D eigenvalue weighted by atomic mass is 16.5. The zero-order chi connectivity index (χ0) is 13.1. The molecule has 0 radical (unpaired) electrons. The first-order valence-corrected chi connectivity index (χ1v) is 7.97. The van der Waals surface area contributed by atoms with Crippen LogP contribution in [0.3, 0.4) is 0 Å². The number of hydrogen-bond donors (Lipinski definition) is 0. The van der Waals surface area contributed by atoms with Crippen molar-refractivity contribution < 1.29 is 4.74 Å². The van der Waals surface area contributed by atoms with Crippen LogP contribution < -0.4 is 0 Å². The molecule has 1 atom stereocenters. The van der Waals surface area contributed by atoms with E-state index in [4.69, 9.17) is 4.74 Å². The molecule has 0 aliphatic carbocycles. The number of unbranched alkanes of at least 4 members (excludes halogenated alkanes) is 3. The summed E-state index contributed by atoms with van der Waals surface area (Å²) in [6.45, 7) is 11.7. The van der Waals surface area contributed by atoms with Crippen molar-refractivity contribution in [2.45, 2.75) is 71.3 Å². The lowest BCUT2D eigenvalue weighted by Gasteiger charge is -2.61. The zero-order valence-electron chi connectivity index (χ0n) is 12.6. The fraction of sp³-hybridized carbons (Fsp3) is 1.00. The lowest BCUT2D eigenvalue weighted by Crippen LogP contribution is -2.70. The first-order chi connectivity index (χ1) is 8.64. The second kappa shape index (κ2) is 5.92. The van der Waals surface area contributed by atoms with Gasteiger partial charge in [-0.3, -0.25) is 4.90 Å². The molecule has 0 aromatic heterocycles. The van der Waals surface area contributed by atoms with E-state index in [-0.39, 0.29) is 0 Å². The topological polar surface area (TPSA) is 12.5 Å². The molecule has 2 heteroatoms. The van der Waals surface area contributed by atoms with Crippen molar-refractivity contribution in [1.82, 2.24) is 4.90 Å². The van der Waals surface area contributed by atoms with Crippen LogP contribution in [0.4, 0.5) is 0 Å². The lowest BCUT2D eigenvalue weighted by atomic mass is 9.73. The van der Waals surface area contributed by atoms with Gasteiger partial charge in [0, 0.05) is 24.0 Å². The molecule has 2 nitrogen and oxygen atoms in total. The van der Waals surface area contributed by atoms with Gasteiger partial charge >= 0.3 is 0 Å². The summed E-state index contributed by atoms with van der Waals surface area (Å²) in [6.07, 6.45) is 9.62. The molecule has 2 saturated heterocycles. The predicted octanol–water partition coefficient (Wildman–Crippen LogP) is 3.85. The van der Waals surface area contributed by atoms with Gasteiger partial charge in [0.25, 0.3) is 0 Å². The third-order valence-corrected chi connectivity index (χ3v) is 4.99. The second-order valence-electron chi connectivity index (χ2n) is 6.91. The van der Waals surface area contributed by atoms with E-state index in [1.54, 1.807) is 0 Å². The van der Waals surface area contributed by atoms with E-state index in [1.807, 2.05) is 0 Å². The maximum Gasteiger partial charge on any atom is 0.0569 e. The maximum atomic E-state index is 5.39. The summed E-state index contributed by atoms with van der Waals surface area (Å²) >= 11 is 0.